The number of nitrogens with zero attached hydrogens (tertiary/aromatic N) is 1. The van der Waals surface area contributed by atoms with Crippen molar-refractivity contribution in [2.75, 3.05) is 6.61 Å². The molecule has 3 rings (SSSR count). The molecule has 3 heteroatoms. The van der Waals surface area contributed by atoms with Gasteiger partial charge >= 0.3 is 0 Å². The normalized spacial score (nSPS) is 18.3. The van der Waals surface area contributed by atoms with Crippen LogP contribution >= 0.6 is 11.6 Å². The van der Waals surface area contributed by atoms with Crippen molar-refractivity contribution in [1.82, 2.24) is 4.57 Å². The van der Waals surface area contributed by atoms with Gasteiger partial charge in [-0.2, -0.15) is 0 Å². The zero-order valence-electron chi connectivity index (χ0n) is 9.91. The topological polar surface area (TPSA) is 25.2 Å². The largest absolute Gasteiger partial charge is 0.395 e. The van der Waals surface area contributed by atoms with E-state index in [1.54, 1.807) is 0 Å². The minimum absolute atomic E-state index is 0.00661. The van der Waals surface area contributed by atoms with Crippen molar-refractivity contribution < 1.29 is 5.11 Å². The number of benzene rings is 1. The highest BCUT2D eigenvalue weighted by Crippen LogP contribution is 2.46. The third-order valence-corrected chi connectivity index (χ3v) is 4.37. The van der Waals surface area contributed by atoms with Gasteiger partial charge in [0.05, 0.1) is 6.61 Å². The van der Waals surface area contributed by atoms with Gasteiger partial charge in [0, 0.05) is 34.6 Å². The van der Waals surface area contributed by atoms with Gasteiger partial charge in [-0.25, -0.2) is 0 Å². The first-order valence-corrected chi connectivity index (χ1v) is 6.40. The summed E-state index contributed by atoms with van der Waals surface area (Å²) in [5.74, 6) is 0. The molecule has 0 radical (unpaired) electrons. The fraction of sp³-hybridized carbons (Fsp3) is 0.429. The summed E-state index contributed by atoms with van der Waals surface area (Å²) in [4.78, 5) is 0. The van der Waals surface area contributed by atoms with E-state index in [0.29, 0.717) is 0 Å². The predicted molar refractivity (Wildman–Crippen MR) is 70.5 cm³/mol. The van der Waals surface area contributed by atoms with E-state index in [0.717, 1.165) is 23.4 Å². The maximum Gasteiger partial charge on any atom is 0.0528 e. The molecule has 1 heterocycles. The number of hydrogen-bond acceptors (Lipinski definition) is 1. The minimum Gasteiger partial charge on any atom is -0.395 e. The second-order valence-corrected chi connectivity index (χ2v) is 5.54. The Bertz CT molecular complexity index is 563. The molecule has 1 N–H and O–H groups in total. The lowest BCUT2D eigenvalue weighted by Gasteiger charge is -2.40. The summed E-state index contributed by atoms with van der Waals surface area (Å²) in [6.07, 6.45) is 5.54. The number of aliphatic hydroxyl groups excluding tert-OH is 1. The van der Waals surface area contributed by atoms with Gasteiger partial charge in [-0.15, -0.1) is 0 Å². The maximum atomic E-state index is 9.68. The standard InChI is InChI=1S/C14H16ClNO/c1-16-8-12(14(9-17)5-2-6-14)11-4-3-10(15)7-13(11)16/h3-4,7-8,17H,2,5-6,9H2,1H3. The Balaban J connectivity index is 2.24. The summed E-state index contributed by atoms with van der Waals surface area (Å²) in [5.41, 5.74) is 2.42. The molecule has 0 spiro atoms. The lowest BCUT2D eigenvalue weighted by Crippen LogP contribution is -2.37. The minimum atomic E-state index is -0.00661. The Hall–Kier alpha value is -0.990. The molecule has 1 aromatic heterocycles. The summed E-state index contributed by atoms with van der Waals surface area (Å²) < 4.78 is 2.10. The van der Waals surface area contributed by atoms with Crippen molar-refractivity contribution in [3.8, 4) is 0 Å². The molecule has 0 bridgehead atoms. The second kappa shape index (κ2) is 3.76. The van der Waals surface area contributed by atoms with E-state index >= 15 is 0 Å². The van der Waals surface area contributed by atoms with Gasteiger partial charge in [0.2, 0.25) is 0 Å². The molecule has 1 aromatic carbocycles. The highest BCUT2D eigenvalue weighted by Gasteiger charge is 2.39. The average Bonchev–Trinajstić information content (AvgIpc) is 2.56. The van der Waals surface area contributed by atoms with Crippen molar-refractivity contribution in [3.63, 3.8) is 0 Å². The summed E-state index contributed by atoms with van der Waals surface area (Å²) in [6, 6.07) is 5.99. The summed E-state index contributed by atoms with van der Waals surface area (Å²) in [7, 11) is 2.03. The number of aliphatic hydroxyl groups is 1. The predicted octanol–water partition coefficient (Wildman–Crippen LogP) is 3.25. The summed E-state index contributed by atoms with van der Waals surface area (Å²) in [6.45, 7) is 0.245. The third kappa shape index (κ3) is 1.51. The van der Waals surface area contributed by atoms with Crippen molar-refractivity contribution in [3.05, 3.63) is 35.0 Å². The molecule has 1 fully saturated rings. The Morgan fingerprint density at radius 2 is 2.18 bits per heavy atom. The molecule has 17 heavy (non-hydrogen) atoms. The van der Waals surface area contributed by atoms with Gasteiger partial charge in [0.1, 0.15) is 0 Å². The van der Waals surface area contributed by atoms with Gasteiger partial charge in [-0.3, -0.25) is 0 Å². The Labute approximate surface area is 106 Å². The number of aromatic nitrogens is 1. The molecule has 0 unspecified atom stereocenters. The van der Waals surface area contributed by atoms with Crippen LogP contribution in [0.5, 0.6) is 0 Å². The SMILES string of the molecule is Cn1cc(C2(CO)CCC2)c2ccc(Cl)cc21. The highest BCUT2D eigenvalue weighted by atomic mass is 35.5. The van der Waals surface area contributed by atoms with E-state index < -0.39 is 0 Å². The van der Waals surface area contributed by atoms with Crippen LogP contribution in [0.25, 0.3) is 10.9 Å². The van der Waals surface area contributed by atoms with E-state index in [1.165, 1.54) is 17.4 Å². The van der Waals surface area contributed by atoms with Crippen LogP contribution in [0.4, 0.5) is 0 Å². The Kier molecular flexibility index (Phi) is 2.46. The number of rotatable bonds is 2. The van der Waals surface area contributed by atoms with E-state index in [9.17, 15) is 5.11 Å². The van der Waals surface area contributed by atoms with Gasteiger partial charge in [-0.05, 0) is 30.5 Å². The van der Waals surface area contributed by atoms with E-state index in [2.05, 4.69) is 16.8 Å². The summed E-state index contributed by atoms with van der Waals surface area (Å²) >= 11 is 6.03. The second-order valence-electron chi connectivity index (χ2n) is 5.11. The molecular formula is C14H16ClNO. The molecule has 90 valence electrons. The first kappa shape index (κ1) is 11.1. The molecule has 0 saturated heterocycles. The van der Waals surface area contributed by atoms with Crippen molar-refractivity contribution >= 4 is 22.5 Å². The van der Waals surface area contributed by atoms with Crippen LogP contribution in [0.2, 0.25) is 5.02 Å². The van der Waals surface area contributed by atoms with E-state index in [1.807, 2.05) is 19.2 Å². The number of hydrogen-bond donors (Lipinski definition) is 1. The van der Waals surface area contributed by atoms with Crippen molar-refractivity contribution in [1.29, 1.82) is 0 Å². The van der Waals surface area contributed by atoms with Crippen LogP contribution < -0.4 is 0 Å². The molecule has 0 amide bonds. The first-order valence-electron chi connectivity index (χ1n) is 6.02. The fourth-order valence-electron chi connectivity index (χ4n) is 2.90. The molecule has 1 saturated carbocycles. The fourth-order valence-corrected chi connectivity index (χ4v) is 3.06. The lowest BCUT2D eigenvalue weighted by molar-refractivity contribution is 0.121. The third-order valence-electron chi connectivity index (χ3n) is 4.14. The maximum absolute atomic E-state index is 9.68. The zero-order chi connectivity index (χ0) is 12.0. The molecular weight excluding hydrogens is 234 g/mol. The van der Waals surface area contributed by atoms with E-state index in [4.69, 9.17) is 11.6 Å². The van der Waals surface area contributed by atoms with Crippen LogP contribution in [0.1, 0.15) is 24.8 Å². The van der Waals surface area contributed by atoms with Gasteiger partial charge in [0.15, 0.2) is 0 Å². The van der Waals surface area contributed by atoms with E-state index in [-0.39, 0.29) is 12.0 Å². The molecule has 0 atom stereocenters. The van der Waals surface area contributed by atoms with Crippen molar-refractivity contribution in [2.24, 2.45) is 7.05 Å². The van der Waals surface area contributed by atoms with Crippen molar-refractivity contribution in [2.45, 2.75) is 24.7 Å². The Morgan fingerprint density at radius 3 is 2.76 bits per heavy atom. The van der Waals surface area contributed by atoms with Gasteiger partial charge in [0.25, 0.3) is 0 Å². The molecule has 2 nitrogen and oxygen atoms in total. The number of fused-ring (bicyclic) bond motifs is 1. The number of halogens is 1. The smallest absolute Gasteiger partial charge is 0.0528 e. The quantitative estimate of drug-likeness (QED) is 0.869. The summed E-state index contributed by atoms with van der Waals surface area (Å²) in [5, 5.41) is 11.7. The van der Waals surface area contributed by atoms with Crippen LogP contribution in [0, 0.1) is 0 Å². The van der Waals surface area contributed by atoms with Gasteiger partial charge in [-0.1, -0.05) is 24.1 Å². The number of aryl methyl sites for hydroxylation is 1. The lowest BCUT2D eigenvalue weighted by atomic mass is 9.65. The monoisotopic (exact) mass is 249 g/mol. The van der Waals surface area contributed by atoms with Crippen LogP contribution in [-0.2, 0) is 12.5 Å². The van der Waals surface area contributed by atoms with Crippen LogP contribution in [0.3, 0.4) is 0 Å². The molecule has 1 aliphatic rings. The zero-order valence-corrected chi connectivity index (χ0v) is 10.7. The van der Waals surface area contributed by atoms with Crippen LogP contribution in [-0.4, -0.2) is 16.3 Å². The molecule has 0 aliphatic heterocycles. The highest BCUT2D eigenvalue weighted by molar-refractivity contribution is 6.31. The average molecular weight is 250 g/mol. The first-order chi connectivity index (χ1) is 8.16. The Morgan fingerprint density at radius 1 is 1.41 bits per heavy atom. The molecule has 1 aliphatic carbocycles. The van der Waals surface area contributed by atoms with Gasteiger partial charge < -0.3 is 9.67 Å². The molecule has 2 aromatic rings. The van der Waals surface area contributed by atoms with Crippen LogP contribution in [0.15, 0.2) is 24.4 Å².